The smallest absolute Gasteiger partial charge is 0.222 e. The number of amides is 1. The van der Waals surface area contributed by atoms with Crippen LogP contribution in [0.4, 0.5) is 5.82 Å². The van der Waals surface area contributed by atoms with E-state index in [0.29, 0.717) is 12.2 Å². The molecule has 1 saturated heterocycles. The quantitative estimate of drug-likeness (QED) is 0.668. The maximum Gasteiger partial charge on any atom is 0.222 e. The van der Waals surface area contributed by atoms with Crippen LogP contribution in [0, 0.1) is 0 Å². The topological polar surface area (TPSA) is 68.5 Å². The van der Waals surface area contributed by atoms with E-state index in [9.17, 15) is 4.79 Å². The highest BCUT2D eigenvalue weighted by molar-refractivity contribution is 5.77. The minimum atomic E-state index is 0.147. The van der Waals surface area contributed by atoms with Crippen LogP contribution in [-0.2, 0) is 4.79 Å². The van der Waals surface area contributed by atoms with E-state index in [1.54, 1.807) is 0 Å². The number of nitrogens with zero attached hydrogens (tertiary/aromatic N) is 2. The van der Waals surface area contributed by atoms with Gasteiger partial charge in [0.05, 0.1) is 5.69 Å². The zero-order valence-corrected chi connectivity index (χ0v) is 17.3. The van der Waals surface area contributed by atoms with Gasteiger partial charge >= 0.3 is 0 Å². The second kappa shape index (κ2) is 8.99. The Balaban J connectivity index is 1.41. The monoisotopic (exact) mass is 401 g/mol. The number of piperidine rings is 1. The molecule has 5 heteroatoms. The van der Waals surface area contributed by atoms with Gasteiger partial charge in [-0.05, 0) is 29.8 Å². The van der Waals surface area contributed by atoms with Crippen molar-refractivity contribution in [2.75, 3.05) is 18.8 Å². The Morgan fingerprint density at radius 3 is 2.33 bits per heavy atom. The number of rotatable bonds is 5. The summed E-state index contributed by atoms with van der Waals surface area (Å²) in [6.45, 7) is 3.45. The summed E-state index contributed by atoms with van der Waals surface area (Å²) in [7, 11) is 0. The molecule has 3 aromatic rings. The van der Waals surface area contributed by atoms with Gasteiger partial charge in [-0.15, -0.1) is 0 Å². The number of likely N-dealkylation sites (tertiary alicyclic amines) is 1. The summed E-state index contributed by atoms with van der Waals surface area (Å²) in [6, 6.07) is 22.0. The number of ether oxygens (including phenoxy) is 1. The van der Waals surface area contributed by atoms with E-state index in [4.69, 9.17) is 10.5 Å². The first-order chi connectivity index (χ1) is 14.6. The molecule has 0 saturated carbocycles. The average molecular weight is 402 g/mol. The lowest BCUT2D eigenvalue weighted by Crippen LogP contribution is -2.41. The van der Waals surface area contributed by atoms with Gasteiger partial charge in [-0.3, -0.25) is 4.79 Å². The lowest BCUT2D eigenvalue weighted by Gasteiger charge is -2.32. The van der Waals surface area contributed by atoms with E-state index in [0.717, 1.165) is 54.1 Å². The third kappa shape index (κ3) is 4.46. The number of hydrogen-bond acceptors (Lipinski definition) is 4. The third-order valence-corrected chi connectivity index (χ3v) is 5.56. The lowest BCUT2D eigenvalue weighted by molar-refractivity contribution is -0.132. The summed E-state index contributed by atoms with van der Waals surface area (Å²) in [4.78, 5) is 18.3. The van der Waals surface area contributed by atoms with Crippen molar-refractivity contribution in [3.8, 4) is 28.1 Å². The summed E-state index contributed by atoms with van der Waals surface area (Å²) in [5.41, 5.74) is 10.1. The molecule has 154 valence electrons. The van der Waals surface area contributed by atoms with Crippen molar-refractivity contribution in [2.24, 2.45) is 0 Å². The molecular weight excluding hydrogens is 374 g/mol. The lowest BCUT2D eigenvalue weighted by atomic mass is 10.0. The second-order valence-corrected chi connectivity index (χ2v) is 7.57. The van der Waals surface area contributed by atoms with Gasteiger partial charge in [-0.25, -0.2) is 4.98 Å². The Hall–Kier alpha value is -3.34. The first-order valence-electron chi connectivity index (χ1n) is 10.5. The molecule has 0 bridgehead atoms. The molecular formula is C25H27N3O2. The third-order valence-electron chi connectivity index (χ3n) is 5.56. The van der Waals surface area contributed by atoms with Gasteiger partial charge in [0.2, 0.25) is 5.91 Å². The van der Waals surface area contributed by atoms with Crippen LogP contribution in [0.25, 0.3) is 22.4 Å². The molecule has 1 amide bonds. The van der Waals surface area contributed by atoms with Crippen molar-refractivity contribution in [1.29, 1.82) is 0 Å². The van der Waals surface area contributed by atoms with Gasteiger partial charge < -0.3 is 15.4 Å². The minimum Gasteiger partial charge on any atom is -0.490 e. The van der Waals surface area contributed by atoms with Crippen LogP contribution in [0.3, 0.4) is 0 Å². The van der Waals surface area contributed by atoms with E-state index < -0.39 is 0 Å². The van der Waals surface area contributed by atoms with Gasteiger partial charge in [0, 0.05) is 43.5 Å². The van der Waals surface area contributed by atoms with E-state index >= 15 is 0 Å². The summed E-state index contributed by atoms with van der Waals surface area (Å²) in [5, 5.41) is 0. The van der Waals surface area contributed by atoms with Gasteiger partial charge in [0.15, 0.2) is 0 Å². The highest BCUT2D eigenvalue weighted by atomic mass is 16.5. The van der Waals surface area contributed by atoms with Gasteiger partial charge in [-0.2, -0.15) is 0 Å². The molecule has 2 N–H and O–H groups in total. The molecule has 0 radical (unpaired) electrons. The molecule has 2 aromatic carbocycles. The molecule has 0 atom stereocenters. The highest BCUT2D eigenvalue weighted by Crippen LogP contribution is 2.30. The number of carbonyl (C=O) groups excluding carboxylic acids is 1. The van der Waals surface area contributed by atoms with Gasteiger partial charge in [0.1, 0.15) is 17.7 Å². The Kier molecular flexibility index (Phi) is 5.98. The molecule has 1 aromatic heterocycles. The number of nitrogens with two attached hydrogens (primary N) is 1. The number of benzene rings is 2. The minimum absolute atomic E-state index is 0.147. The Labute approximate surface area is 177 Å². The Bertz CT molecular complexity index is 995. The molecule has 0 unspecified atom stereocenters. The van der Waals surface area contributed by atoms with Crippen LogP contribution >= 0.6 is 0 Å². The van der Waals surface area contributed by atoms with Crippen LogP contribution in [0.2, 0.25) is 0 Å². The fraction of sp³-hybridized carbons (Fsp3) is 0.280. The fourth-order valence-electron chi connectivity index (χ4n) is 3.84. The van der Waals surface area contributed by atoms with Crippen LogP contribution in [0.1, 0.15) is 26.2 Å². The average Bonchev–Trinajstić information content (AvgIpc) is 2.80. The number of anilines is 1. The largest absolute Gasteiger partial charge is 0.490 e. The molecule has 0 spiro atoms. The molecule has 1 aliphatic rings. The molecule has 1 aliphatic heterocycles. The van der Waals surface area contributed by atoms with Crippen LogP contribution < -0.4 is 10.5 Å². The van der Waals surface area contributed by atoms with E-state index in [-0.39, 0.29) is 12.0 Å². The summed E-state index contributed by atoms with van der Waals surface area (Å²) in [5.74, 6) is 1.58. The van der Waals surface area contributed by atoms with Crippen molar-refractivity contribution >= 4 is 11.7 Å². The summed E-state index contributed by atoms with van der Waals surface area (Å²) >= 11 is 0. The standard InChI is InChI=1S/C25H27N3O2/c1-2-24(29)28-16-14-21(15-17-28)30-20-10-8-18(9-11-20)22-12-13-23(27-25(22)26)19-6-4-3-5-7-19/h3-13,21H,2,14-17H2,1H3,(H2,26,27). The number of carbonyl (C=O) groups is 1. The van der Waals surface area contributed by atoms with Crippen molar-refractivity contribution in [3.05, 3.63) is 66.7 Å². The molecule has 0 aliphatic carbocycles. The fourth-order valence-corrected chi connectivity index (χ4v) is 3.84. The van der Waals surface area contributed by atoms with E-state index in [1.165, 1.54) is 0 Å². The Morgan fingerprint density at radius 1 is 1.00 bits per heavy atom. The maximum atomic E-state index is 11.8. The zero-order valence-electron chi connectivity index (χ0n) is 17.3. The molecule has 5 nitrogen and oxygen atoms in total. The summed E-state index contributed by atoms with van der Waals surface area (Å²) in [6.07, 6.45) is 2.45. The maximum absolute atomic E-state index is 11.8. The first kappa shape index (κ1) is 20.0. The van der Waals surface area contributed by atoms with E-state index in [2.05, 4.69) is 4.98 Å². The number of aromatic nitrogens is 1. The number of nitrogen functional groups attached to an aromatic ring is 1. The number of hydrogen-bond donors (Lipinski definition) is 1. The van der Waals surface area contributed by atoms with E-state index in [1.807, 2.05) is 78.6 Å². The van der Waals surface area contributed by atoms with Gasteiger partial charge in [-0.1, -0.05) is 49.4 Å². The SMILES string of the molecule is CCC(=O)N1CCC(Oc2ccc(-c3ccc(-c4ccccc4)nc3N)cc2)CC1. The Morgan fingerprint density at radius 2 is 1.70 bits per heavy atom. The molecule has 30 heavy (non-hydrogen) atoms. The number of pyridine rings is 1. The normalized spacial score (nSPS) is 14.5. The zero-order chi connectivity index (χ0) is 20.9. The molecule has 4 rings (SSSR count). The predicted octanol–water partition coefficient (Wildman–Crippen LogP) is 4.78. The molecule has 1 fully saturated rings. The first-order valence-corrected chi connectivity index (χ1v) is 10.5. The summed E-state index contributed by atoms with van der Waals surface area (Å²) < 4.78 is 6.13. The van der Waals surface area contributed by atoms with Crippen LogP contribution in [0.15, 0.2) is 66.7 Å². The predicted molar refractivity (Wildman–Crippen MR) is 120 cm³/mol. The van der Waals surface area contributed by atoms with Crippen LogP contribution in [0.5, 0.6) is 5.75 Å². The molecule has 2 heterocycles. The van der Waals surface area contributed by atoms with Crippen molar-refractivity contribution < 1.29 is 9.53 Å². The van der Waals surface area contributed by atoms with Crippen molar-refractivity contribution in [3.63, 3.8) is 0 Å². The van der Waals surface area contributed by atoms with Crippen molar-refractivity contribution in [1.82, 2.24) is 9.88 Å². The van der Waals surface area contributed by atoms with Gasteiger partial charge in [0.25, 0.3) is 0 Å². The van der Waals surface area contributed by atoms with Crippen LogP contribution in [-0.4, -0.2) is 35.0 Å². The second-order valence-electron chi connectivity index (χ2n) is 7.57. The highest BCUT2D eigenvalue weighted by Gasteiger charge is 2.23. The van der Waals surface area contributed by atoms with Crippen molar-refractivity contribution in [2.45, 2.75) is 32.3 Å².